The van der Waals surface area contributed by atoms with Crippen molar-refractivity contribution in [3.63, 3.8) is 0 Å². The molecule has 3 heteroatoms. The van der Waals surface area contributed by atoms with Crippen molar-refractivity contribution >= 4 is 11.8 Å². The number of ether oxygens (including phenoxy) is 1. The first-order chi connectivity index (χ1) is 11.3. The van der Waals surface area contributed by atoms with Gasteiger partial charge in [-0.15, -0.1) is 0 Å². The molecule has 0 aliphatic heterocycles. The van der Waals surface area contributed by atoms with E-state index in [4.69, 9.17) is 4.74 Å². The molecular formula is C21H32O3. The minimum Gasteiger partial charge on any atom is -0.462 e. The van der Waals surface area contributed by atoms with Gasteiger partial charge in [0.25, 0.3) is 0 Å². The maximum Gasteiger partial charge on any atom is 0.302 e. The molecular weight excluding hydrogens is 300 g/mol. The number of hydrogen-bond acceptors (Lipinski definition) is 3. The van der Waals surface area contributed by atoms with Gasteiger partial charge in [-0.05, 0) is 74.0 Å². The second-order valence-corrected chi connectivity index (χ2v) is 9.63. The van der Waals surface area contributed by atoms with Crippen molar-refractivity contribution < 1.29 is 14.3 Å². The number of Topliss-reactive ketones (excluding diaryl/α,β-unsaturated/α-hetero) is 1. The van der Waals surface area contributed by atoms with Gasteiger partial charge < -0.3 is 4.74 Å². The van der Waals surface area contributed by atoms with Crippen molar-refractivity contribution in [3.8, 4) is 0 Å². The van der Waals surface area contributed by atoms with Crippen LogP contribution >= 0.6 is 0 Å². The van der Waals surface area contributed by atoms with Gasteiger partial charge in [-0.3, -0.25) is 9.59 Å². The van der Waals surface area contributed by atoms with E-state index in [0.717, 1.165) is 37.5 Å². The number of carbonyl (C=O) groups is 2. The average Bonchev–Trinajstić information content (AvgIpc) is 2.83. The number of fused-ring (bicyclic) bond motifs is 5. The highest BCUT2D eigenvalue weighted by Gasteiger charge is 2.62. The SMILES string of the molecule is CC(=O)OC1CCC2C3CCC4CC(=O)CCC4C3(C)CCC12C. The molecule has 0 bridgehead atoms. The van der Waals surface area contributed by atoms with Crippen LogP contribution in [0.25, 0.3) is 0 Å². The molecule has 7 atom stereocenters. The Bertz CT molecular complexity index is 555. The molecule has 3 nitrogen and oxygen atoms in total. The van der Waals surface area contributed by atoms with E-state index < -0.39 is 0 Å². The standard InChI is InChI=1S/C21H32O3/c1-13(22)24-19-9-8-18-17-6-4-14-12-15(23)5-7-16(14)20(17,2)10-11-21(18,19)3/h14,16-19H,4-12H2,1-3H3. The van der Waals surface area contributed by atoms with Gasteiger partial charge in [-0.2, -0.15) is 0 Å². The van der Waals surface area contributed by atoms with E-state index in [2.05, 4.69) is 13.8 Å². The van der Waals surface area contributed by atoms with E-state index in [1.54, 1.807) is 6.92 Å². The Balaban J connectivity index is 1.60. The van der Waals surface area contributed by atoms with Gasteiger partial charge in [0.2, 0.25) is 0 Å². The topological polar surface area (TPSA) is 43.4 Å². The van der Waals surface area contributed by atoms with E-state index in [1.165, 1.54) is 32.1 Å². The zero-order valence-corrected chi connectivity index (χ0v) is 15.5. The van der Waals surface area contributed by atoms with Crippen LogP contribution in [0.4, 0.5) is 0 Å². The monoisotopic (exact) mass is 332 g/mol. The van der Waals surface area contributed by atoms with Gasteiger partial charge in [0.05, 0.1) is 0 Å². The molecule has 4 rings (SSSR count). The molecule has 0 spiro atoms. The van der Waals surface area contributed by atoms with E-state index in [-0.39, 0.29) is 17.5 Å². The molecule has 7 unspecified atom stereocenters. The number of carbonyl (C=O) groups excluding carboxylic acids is 2. The maximum atomic E-state index is 11.9. The fraction of sp³-hybridized carbons (Fsp3) is 0.905. The second-order valence-electron chi connectivity index (χ2n) is 9.63. The smallest absolute Gasteiger partial charge is 0.302 e. The molecule has 0 heterocycles. The van der Waals surface area contributed by atoms with E-state index >= 15 is 0 Å². The van der Waals surface area contributed by atoms with Crippen LogP contribution in [0.3, 0.4) is 0 Å². The molecule has 4 aliphatic rings. The molecule has 0 aromatic rings. The Morgan fingerprint density at radius 2 is 1.62 bits per heavy atom. The summed E-state index contributed by atoms with van der Waals surface area (Å²) in [5.41, 5.74) is 0.575. The van der Waals surface area contributed by atoms with Gasteiger partial charge >= 0.3 is 5.97 Å². The average molecular weight is 332 g/mol. The summed E-state index contributed by atoms with van der Waals surface area (Å²) < 4.78 is 5.73. The molecule has 0 radical (unpaired) electrons. The molecule has 0 N–H and O–H groups in total. The number of ketones is 1. The lowest BCUT2D eigenvalue weighted by molar-refractivity contribution is -0.165. The van der Waals surface area contributed by atoms with E-state index in [9.17, 15) is 9.59 Å². The van der Waals surface area contributed by atoms with Gasteiger partial charge in [0.1, 0.15) is 11.9 Å². The minimum absolute atomic E-state index is 0.121. The third kappa shape index (κ3) is 2.29. The summed E-state index contributed by atoms with van der Waals surface area (Å²) in [5, 5.41) is 0. The highest BCUT2D eigenvalue weighted by atomic mass is 16.5. The first kappa shape index (κ1) is 16.6. The lowest BCUT2D eigenvalue weighted by atomic mass is 9.44. The summed E-state index contributed by atoms with van der Waals surface area (Å²) in [6, 6.07) is 0. The van der Waals surface area contributed by atoms with Crippen molar-refractivity contribution in [2.24, 2.45) is 34.5 Å². The van der Waals surface area contributed by atoms with Crippen molar-refractivity contribution in [2.45, 2.75) is 84.7 Å². The maximum absolute atomic E-state index is 11.9. The van der Waals surface area contributed by atoms with Crippen molar-refractivity contribution in [1.82, 2.24) is 0 Å². The lowest BCUT2D eigenvalue weighted by Gasteiger charge is -2.61. The first-order valence-electron chi connectivity index (χ1n) is 10.0. The predicted octanol–water partition coefficient (Wildman–Crippen LogP) is 4.53. The fourth-order valence-electron chi connectivity index (χ4n) is 7.46. The van der Waals surface area contributed by atoms with Crippen LogP contribution in [-0.2, 0) is 14.3 Å². The number of rotatable bonds is 1. The molecule has 0 saturated heterocycles. The Labute approximate surface area is 145 Å². The van der Waals surface area contributed by atoms with Gasteiger partial charge in [-0.1, -0.05) is 13.8 Å². The van der Waals surface area contributed by atoms with Crippen LogP contribution < -0.4 is 0 Å². The first-order valence-corrected chi connectivity index (χ1v) is 10.0. The van der Waals surface area contributed by atoms with Crippen LogP contribution in [-0.4, -0.2) is 17.9 Å². The normalized spacial score (nSPS) is 50.6. The molecule has 0 aromatic heterocycles. The summed E-state index contributed by atoms with van der Waals surface area (Å²) in [6.07, 6.45) is 10.1. The second kappa shape index (κ2) is 5.57. The molecule has 0 amide bonds. The van der Waals surface area contributed by atoms with E-state index in [0.29, 0.717) is 23.0 Å². The molecule has 134 valence electrons. The fourth-order valence-corrected chi connectivity index (χ4v) is 7.46. The highest BCUT2D eigenvalue weighted by Crippen LogP contribution is 2.67. The predicted molar refractivity (Wildman–Crippen MR) is 92.3 cm³/mol. The Kier molecular flexibility index (Phi) is 3.85. The van der Waals surface area contributed by atoms with Crippen LogP contribution in [0, 0.1) is 34.5 Å². The number of esters is 1. The minimum atomic E-state index is -0.121. The van der Waals surface area contributed by atoms with Crippen molar-refractivity contribution in [2.75, 3.05) is 0 Å². The Morgan fingerprint density at radius 3 is 2.38 bits per heavy atom. The van der Waals surface area contributed by atoms with Crippen LogP contribution in [0.15, 0.2) is 0 Å². The highest BCUT2D eigenvalue weighted by molar-refractivity contribution is 5.79. The third-order valence-corrected chi connectivity index (χ3v) is 8.65. The third-order valence-electron chi connectivity index (χ3n) is 8.65. The molecule has 0 aromatic carbocycles. The van der Waals surface area contributed by atoms with Gasteiger partial charge in [0.15, 0.2) is 0 Å². The van der Waals surface area contributed by atoms with Gasteiger partial charge in [-0.25, -0.2) is 0 Å². The van der Waals surface area contributed by atoms with Crippen molar-refractivity contribution in [1.29, 1.82) is 0 Å². The largest absolute Gasteiger partial charge is 0.462 e. The summed E-state index contributed by atoms with van der Waals surface area (Å²) in [6.45, 7) is 6.46. The summed E-state index contributed by atoms with van der Waals surface area (Å²) in [4.78, 5) is 23.4. The van der Waals surface area contributed by atoms with E-state index in [1.807, 2.05) is 0 Å². The zero-order chi connectivity index (χ0) is 17.1. The molecule has 4 aliphatic carbocycles. The van der Waals surface area contributed by atoms with Gasteiger partial charge in [0, 0.05) is 25.2 Å². The number of hydrogen-bond donors (Lipinski definition) is 0. The molecule has 4 fully saturated rings. The summed E-state index contributed by atoms with van der Waals surface area (Å²) >= 11 is 0. The zero-order valence-electron chi connectivity index (χ0n) is 15.5. The van der Waals surface area contributed by atoms with Crippen LogP contribution in [0.5, 0.6) is 0 Å². The Morgan fingerprint density at radius 1 is 0.958 bits per heavy atom. The van der Waals surface area contributed by atoms with Crippen LogP contribution in [0.1, 0.15) is 78.6 Å². The Hall–Kier alpha value is -0.860. The quantitative estimate of drug-likeness (QED) is 0.663. The van der Waals surface area contributed by atoms with Crippen molar-refractivity contribution in [3.05, 3.63) is 0 Å². The lowest BCUT2D eigenvalue weighted by Crippen LogP contribution is -2.55. The molecule has 4 saturated carbocycles. The van der Waals surface area contributed by atoms with Crippen LogP contribution in [0.2, 0.25) is 0 Å². The summed E-state index contributed by atoms with van der Waals surface area (Å²) in [7, 11) is 0. The molecule has 24 heavy (non-hydrogen) atoms. The summed E-state index contributed by atoms with van der Waals surface area (Å²) in [5.74, 6) is 3.21.